The number of fused-ring (bicyclic) bond motifs is 3. The first kappa shape index (κ1) is 23.2. The highest BCUT2D eigenvalue weighted by atomic mass is 16.5. The summed E-state index contributed by atoms with van der Waals surface area (Å²) in [5.41, 5.74) is 1.28. The molecule has 2 amide bonds. The van der Waals surface area contributed by atoms with E-state index in [1.165, 1.54) is 0 Å². The number of hydrogen-bond acceptors (Lipinski definition) is 6. The van der Waals surface area contributed by atoms with Crippen molar-refractivity contribution in [3.8, 4) is 5.75 Å². The van der Waals surface area contributed by atoms with Gasteiger partial charge in [0, 0.05) is 43.9 Å². The quantitative estimate of drug-likeness (QED) is 0.476. The van der Waals surface area contributed by atoms with E-state index in [1.54, 1.807) is 17.9 Å². The van der Waals surface area contributed by atoms with E-state index in [1.807, 2.05) is 31.2 Å². The Morgan fingerprint density at radius 1 is 1.26 bits per heavy atom. The predicted molar refractivity (Wildman–Crippen MR) is 115 cm³/mol. The van der Waals surface area contributed by atoms with Crippen LogP contribution >= 0.6 is 0 Å². The van der Waals surface area contributed by atoms with Gasteiger partial charge < -0.3 is 29.9 Å². The van der Waals surface area contributed by atoms with E-state index in [-0.39, 0.29) is 31.4 Å². The van der Waals surface area contributed by atoms with E-state index in [2.05, 4.69) is 5.32 Å². The molecule has 8 nitrogen and oxygen atoms in total. The minimum atomic E-state index is -0.991. The molecule has 0 spiro atoms. The summed E-state index contributed by atoms with van der Waals surface area (Å²) in [5, 5.41) is 23.1. The molecule has 3 rings (SSSR count). The Bertz CT molecular complexity index is 811. The van der Waals surface area contributed by atoms with Crippen LogP contribution in [-0.2, 0) is 14.3 Å². The normalized spacial score (nSPS) is 23.9. The van der Waals surface area contributed by atoms with Crippen LogP contribution in [0.4, 0.5) is 0 Å². The average molecular weight is 433 g/mol. The average Bonchev–Trinajstić information content (AvgIpc) is 3.18. The van der Waals surface area contributed by atoms with Crippen molar-refractivity contribution in [2.24, 2.45) is 0 Å². The zero-order valence-electron chi connectivity index (χ0n) is 18.1. The van der Waals surface area contributed by atoms with Crippen LogP contribution < -0.4 is 10.1 Å². The van der Waals surface area contributed by atoms with Crippen LogP contribution in [0, 0.1) is 0 Å². The molecule has 0 saturated carbocycles. The summed E-state index contributed by atoms with van der Waals surface area (Å²) < 4.78 is 11.5. The summed E-state index contributed by atoms with van der Waals surface area (Å²) in [6, 6.07) is 6.72. The molecule has 0 aromatic heterocycles. The fraction of sp³-hybridized carbons (Fsp3) is 0.565. The molecule has 1 aromatic carbocycles. The topological polar surface area (TPSA) is 108 Å². The molecule has 0 radical (unpaired) electrons. The van der Waals surface area contributed by atoms with E-state index >= 15 is 0 Å². The van der Waals surface area contributed by atoms with Gasteiger partial charge in [0.2, 0.25) is 11.8 Å². The number of amides is 2. The molecule has 1 aliphatic heterocycles. The van der Waals surface area contributed by atoms with Gasteiger partial charge in [0.15, 0.2) is 0 Å². The second-order valence-electron chi connectivity index (χ2n) is 7.67. The Balaban J connectivity index is 1.95. The fourth-order valence-corrected chi connectivity index (χ4v) is 4.32. The van der Waals surface area contributed by atoms with E-state index in [0.29, 0.717) is 37.5 Å². The number of carbonyl (C=O) groups is 2. The Morgan fingerprint density at radius 2 is 2.03 bits per heavy atom. The smallest absolute Gasteiger partial charge is 0.247 e. The molecule has 4 atom stereocenters. The van der Waals surface area contributed by atoms with Gasteiger partial charge in [-0.15, -0.1) is 0 Å². The molecule has 31 heavy (non-hydrogen) atoms. The van der Waals surface area contributed by atoms with Crippen molar-refractivity contribution in [3.05, 3.63) is 41.5 Å². The number of hydrogen-bond donors (Lipinski definition) is 3. The number of aliphatic hydroxyl groups is 2. The van der Waals surface area contributed by atoms with Crippen molar-refractivity contribution in [3.63, 3.8) is 0 Å². The van der Waals surface area contributed by atoms with E-state index < -0.39 is 24.2 Å². The molecular formula is C23H32N2O6. The van der Waals surface area contributed by atoms with Crippen molar-refractivity contribution >= 4 is 11.8 Å². The summed E-state index contributed by atoms with van der Waals surface area (Å²) in [6.45, 7) is 5.14. The number of nitrogens with zero attached hydrogens (tertiary/aromatic N) is 1. The minimum Gasteiger partial charge on any atom is -0.486 e. The van der Waals surface area contributed by atoms with Crippen molar-refractivity contribution < 1.29 is 29.3 Å². The Morgan fingerprint density at radius 3 is 2.74 bits per heavy atom. The molecule has 1 aliphatic carbocycles. The molecule has 3 N–H and O–H groups in total. The van der Waals surface area contributed by atoms with E-state index in [4.69, 9.17) is 14.6 Å². The van der Waals surface area contributed by atoms with Gasteiger partial charge in [0.05, 0.1) is 18.6 Å². The first-order chi connectivity index (χ1) is 15.0. The van der Waals surface area contributed by atoms with E-state index in [0.717, 1.165) is 5.56 Å². The van der Waals surface area contributed by atoms with Gasteiger partial charge in [-0.3, -0.25) is 9.59 Å². The maximum absolute atomic E-state index is 13.0. The number of aliphatic hydroxyl groups excluding tert-OH is 2. The maximum atomic E-state index is 13.0. The zero-order valence-corrected chi connectivity index (χ0v) is 18.1. The summed E-state index contributed by atoms with van der Waals surface area (Å²) in [5.74, 6) is -0.258. The molecule has 1 aromatic rings. The lowest BCUT2D eigenvalue weighted by atomic mass is 9.77. The van der Waals surface area contributed by atoms with Crippen LogP contribution in [0.25, 0.3) is 0 Å². The number of rotatable bonds is 10. The summed E-state index contributed by atoms with van der Waals surface area (Å²) in [6.07, 6.45) is 0.930. The van der Waals surface area contributed by atoms with Gasteiger partial charge in [-0.1, -0.05) is 25.1 Å². The van der Waals surface area contributed by atoms with Crippen molar-refractivity contribution in [1.29, 1.82) is 0 Å². The summed E-state index contributed by atoms with van der Waals surface area (Å²) in [7, 11) is 0. The molecule has 0 saturated heterocycles. The summed E-state index contributed by atoms with van der Waals surface area (Å²) >= 11 is 0. The molecular weight excluding hydrogens is 400 g/mol. The first-order valence-electron chi connectivity index (χ1n) is 10.9. The standard InChI is InChI=1S/C23H32N2O6/c1-3-19(27)25(11-7-13-30-4-2)17-14-16(23(29)24-10-12-26)20-15-8-5-6-9-18(15)31-22(20)21(17)28/h5-6,8-9,14,17,20-22,26,28H,3-4,7,10-13H2,1-2H3,(H,24,29). The van der Waals surface area contributed by atoms with Crippen LogP contribution in [0.3, 0.4) is 0 Å². The zero-order chi connectivity index (χ0) is 22.4. The second-order valence-corrected chi connectivity index (χ2v) is 7.67. The Labute approximate surface area is 182 Å². The second kappa shape index (κ2) is 10.7. The molecule has 2 aliphatic rings. The van der Waals surface area contributed by atoms with Gasteiger partial charge in [-0.2, -0.15) is 0 Å². The lowest BCUT2D eigenvalue weighted by Crippen LogP contribution is -2.56. The van der Waals surface area contributed by atoms with E-state index in [9.17, 15) is 14.7 Å². The number of carbonyl (C=O) groups excluding carboxylic acids is 2. The van der Waals surface area contributed by atoms with Gasteiger partial charge in [-0.05, 0) is 25.5 Å². The van der Waals surface area contributed by atoms with Crippen molar-refractivity contribution in [2.45, 2.75) is 50.9 Å². The molecule has 4 unspecified atom stereocenters. The van der Waals surface area contributed by atoms with Gasteiger partial charge in [-0.25, -0.2) is 0 Å². The number of nitrogens with one attached hydrogen (secondary N) is 1. The highest BCUT2D eigenvalue weighted by molar-refractivity contribution is 5.96. The van der Waals surface area contributed by atoms with Gasteiger partial charge in [0.25, 0.3) is 0 Å². The third kappa shape index (κ3) is 4.92. The van der Waals surface area contributed by atoms with Crippen molar-refractivity contribution in [2.75, 3.05) is 32.9 Å². The molecule has 0 bridgehead atoms. The predicted octanol–water partition coefficient (Wildman–Crippen LogP) is 0.974. The lowest BCUT2D eigenvalue weighted by Gasteiger charge is -2.40. The van der Waals surface area contributed by atoms with Crippen LogP contribution in [0.2, 0.25) is 0 Å². The third-order valence-corrected chi connectivity index (χ3v) is 5.75. The van der Waals surface area contributed by atoms with Crippen molar-refractivity contribution in [1.82, 2.24) is 10.2 Å². The molecule has 170 valence electrons. The lowest BCUT2D eigenvalue weighted by molar-refractivity contribution is -0.137. The Hall–Kier alpha value is -2.42. The third-order valence-electron chi connectivity index (χ3n) is 5.75. The number of para-hydroxylation sites is 1. The fourth-order valence-electron chi connectivity index (χ4n) is 4.32. The number of benzene rings is 1. The Kier molecular flexibility index (Phi) is 8.06. The van der Waals surface area contributed by atoms with Crippen LogP contribution in [-0.4, -0.2) is 78.1 Å². The molecule has 0 fully saturated rings. The largest absolute Gasteiger partial charge is 0.486 e. The van der Waals surface area contributed by atoms with Crippen LogP contribution in [0.5, 0.6) is 5.75 Å². The van der Waals surface area contributed by atoms with Gasteiger partial charge in [0.1, 0.15) is 18.0 Å². The summed E-state index contributed by atoms with van der Waals surface area (Å²) in [4.78, 5) is 27.3. The molecule has 1 heterocycles. The highest BCUT2D eigenvalue weighted by Gasteiger charge is 2.50. The van der Waals surface area contributed by atoms with Gasteiger partial charge >= 0.3 is 0 Å². The first-order valence-corrected chi connectivity index (χ1v) is 10.9. The van der Waals surface area contributed by atoms with Crippen LogP contribution in [0.15, 0.2) is 35.9 Å². The SMILES string of the molecule is CCOCCCN(C(=O)CC)C1C=C(C(=O)NCCO)C2c3ccccc3OC2C1O. The van der Waals surface area contributed by atoms with Crippen LogP contribution in [0.1, 0.15) is 38.2 Å². The highest BCUT2D eigenvalue weighted by Crippen LogP contribution is 2.47. The number of ether oxygens (including phenoxy) is 2. The minimum absolute atomic E-state index is 0.110. The maximum Gasteiger partial charge on any atom is 0.247 e. The molecule has 8 heteroatoms. The monoisotopic (exact) mass is 432 g/mol.